The Bertz CT molecular complexity index is 111. The van der Waals surface area contributed by atoms with Gasteiger partial charge in [-0.05, 0) is 0 Å². The van der Waals surface area contributed by atoms with Crippen LogP contribution in [0.2, 0.25) is 0 Å². The van der Waals surface area contributed by atoms with Crippen LogP contribution >= 0.6 is 15.9 Å². The van der Waals surface area contributed by atoms with Gasteiger partial charge in [-0.1, -0.05) is 0 Å². The van der Waals surface area contributed by atoms with Crippen molar-refractivity contribution in [3.05, 3.63) is 0 Å². The van der Waals surface area contributed by atoms with Crippen molar-refractivity contribution in [2.75, 3.05) is 38.3 Å². The molecule has 0 aliphatic carbocycles. The van der Waals surface area contributed by atoms with Crippen molar-refractivity contribution in [1.82, 2.24) is 0 Å². The Kier molecular flexibility index (Phi) is 9.48. The van der Waals surface area contributed by atoms with Crippen molar-refractivity contribution >= 4 is 15.9 Å². The van der Waals surface area contributed by atoms with Crippen molar-refractivity contribution < 1.29 is 15.3 Å². The number of hydrogen-bond acceptors (Lipinski definition) is 3. The van der Waals surface area contributed by atoms with E-state index in [2.05, 4.69) is 8.93 Å². The van der Waals surface area contributed by atoms with Gasteiger partial charge in [0, 0.05) is 0 Å². The number of hydrogen-bond donors (Lipinski definition) is 3. The molecule has 1 unspecified atom stereocenters. The van der Waals surface area contributed by atoms with E-state index in [1.54, 1.807) is 0 Å². The van der Waals surface area contributed by atoms with Crippen LogP contribution in [0.15, 0.2) is 0 Å². The summed E-state index contributed by atoms with van der Waals surface area (Å²) in [5.74, 6) is 0. The molecule has 1 atom stereocenters. The van der Waals surface area contributed by atoms with Gasteiger partial charge in [-0.2, -0.15) is 0 Å². The maximum absolute atomic E-state index is 8.79. The third kappa shape index (κ3) is 7.09. The molecule has 3 N–H and O–H groups in total. The zero-order valence-electron chi connectivity index (χ0n) is 8.78. The molecule has 0 heterocycles. The van der Waals surface area contributed by atoms with E-state index in [9.17, 15) is 0 Å². The van der Waals surface area contributed by atoms with Crippen LogP contribution in [0.3, 0.4) is 0 Å². The van der Waals surface area contributed by atoms with E-state index in [-0.39, 0.29) is 19.8 Å². The van der Waals surface area contributed by atoms with E-state index in [0.29, 0.717) is 0 Å². The summed E-state index contributed by atoms with van der Waals surface area (Å²) in [4.78, 5) is 0. The first-order chi connectivity index (χ1) is 6.68. The van der Waals surface area contributed by atoms with E-state index in [4.69, 9.17) is 15.3 Å². The molecule has 14 heavy (non-hydrogen) atoms. The fourth-order valence-electron chi connectivity index (χ4n) is 1.67. The van der Waals surface area contributed by atoms with Crippen LogP contribution in [0.4, 0.5) is 0 Å². The second-order valence-electron chi connectivity index (χ2n) is 3.84. The summed E-state index contributed by atoms with van der Waals surface area (Å²) in [5, 5.41) is 26.4. The van der Waals surface area contributed by atoms with Crippen molar-refractivity contribution in [2.24, 2.45) is 0 Å². The van der Waals surface area contributed by atoms with Gasteiger partial charge in [-0.3, -0.25) is 0 Å². The van der Waals surface area contributed by atoms with Crippen molar-refractivity contribution in [3.8, 4) is 0 Å². The molecule has 0 aromatic heterocycles. The van der Waals surface area contributed by atoms with Gasteiger partial charge in [0.05, 0.1) is 0 Å². The van der Waals surface area contributed by atoms with Crippen LogP contribution in [0.1, 0.15) is 19.3 Å². The standard InChI is InChI=1S/C9H24O3P2/c10-4-1-7-14(13,8-2-5-11)9-3-6-12/h10-12,14H,1-9,13H2. The van der Waals surface area contributed by atoms with Gasteiger partial charge in [0.2, 0.25) is 0 Å². The molecule has 0 saturated heterocycles. The van der Waals surface area contributed by atoms with E-state index < -0.39 is 6.95 Å². The Morgan fingerprint density at radius 1 is 0.714 bits per heavy atom. The van der Waals surface area contributed by atoms with Gasteiger partial charge in [-0.25, -0.2) is 0 Å². The molecular weight excluding hydrogens is 218 g/mol. The molecule has 0 aliphatic heterocycles. The van der Waals surface area contributed by atoms with Crippen LogP contribution < -0.4 is 0 Å². The first-order valence-corrected chi connectivity index (χ1v) is 9.73. The van der Waals surface area contributed by atoms with Gasteiger partial charge in [0.25, 0.3) is 0 Å². The summed E-state index contributed by atoms with van der Waals surface area (Å²) in [5.41, 5.74) is 0. The molecule has 0 fully saturated rings. The minimum absolute atomic E-state index is 0.251. The van der Waals surface area contributed by atoms with Crippen LogP contribution in [0.5, 0.6) is 0 Å². The summed E-state index contributed by atoms with van der Waals surface area (Å²) in [6, 6.07) is 0. The fraction of sp³-hybridized carbons (Fsp3) is 1.00. The Hall–Kier alpha value is 0.740. The van der Waals surface area contributed by atoms with Crippen LogP contribution in [-0.4, -0.2) is 53.6 Å². The quantitative estimate of drug-likeness (QED) is 0.521. The number of aliphatic hydroxyl groups is 3. The summed E-state index contributed by atoms with van der Waals surface area (Å²) in [6.07, 6.45) is 5.79. The van der Waals surface area contributed by atoms with Gasteiger partial charge in [0.15, 0.2) is 0 Å². The molecule has 0 radical (unpaired) electrons. The predicted molar refractivity (Wildman–Crippen MR) is 67.7 cm³/mol. The van der Waals surface area contributed by atoms with Gasteiger partial charge >= 0.3 is 88.8 Å². The zero-order chi connectivity index (χ0) is 10.9. The predicted octanol–water partition coefficient (Wildman–Crippen LogP) is 0.674. The first kappa shape index (κ1) is 14.7. The SMILES string of the molecule is OCCC[PH](P)(CCCO)CCCO. The summed E-state index contributed by atoms with van der Waals surface area (Å²) < 4.78 is 0. The average Bonchev–Trinajstić information content (AvgIpc) is 2.21. The molecule has 0 saturated carbocycles. The summed E-state index contributed by atoms with van der Waals surface area (Å²) in [6.45, 7) is -0.622. The Labute approximate surface area is 89.4 Å². The molecule has 0 bridgehead atoms. The Morgan fingerprint density at radius 2 is 1.00 bits per heavy atom. The molecule has 0 aliphatic rings. The normalized spacial score (nSPS) is 13.1. The van der Waals surface area contributed by atoms with Crippen LogP contribution in [-0.2, 0) is 0 Å². The topological polar surface area (TPSA) is 60.7 Å². The van der Waals surface area contributed by atoms with Gasteiger partial charge in [0.1, 0.15) is 0 Å². The fourth-order valence-corrected chi connectivity index (χ4v) is 6.84. The van der Waals surface area contributed by atoms with Gasteiger partial charge in [-0.15, -0.1) is 0 Å². The average molecular weight is 242 g/mol. The van der Waals surface area contributed by atoms with E-state index >= 15 is 0 Å². The molecule has 0 spiro atoms. The molecule has 0 rings (SSSR count). The Morgan fingerprint density at radius 3 is 1.21 bits per heavy atom. The van der Waals surface area contributed by atoms with E-state index in [0.717, 1.165) is 37.7 Å². The minimum atomic E-state index is -1.38. The third-order valence-corrected chi connectivity index (χ3v) is 9.14. The summed E-state index contributed by atoms with van der Waals surface area (Å²) >= 11 is 0. The van der Waals surface area contributed by atoms with Crippen LogP contribution in [0, 0.1) is 0 Å². The third-order valence-electron chi connectivity index (χ3n) is 2.50. The maximum atomic E-state index is 8.79. The van der Waals surface area contributed by atoms with Crippen molar-refractivity contribution in [1.29, 1.82) is 0 Å². The van der Waals surface area contributed by atoms with E-state index in [1.165, 1.54) is 0 Å². The van der Waals surface area contributed by atoms with Crippen LogP contribution in [0.25, 0.3) is 0 Å². The monoisotopic (exact) mass is 242 g/mol. The molecule has 0 aromatic rings. The molecule has 0 aromatic carbocycles. The first-order valence-electron chi connectivity index (χ1n) is 5.30. The van der Waals surface area contributed by atoms with Gasteiger partial charge < -0.3 is 0 Å². The molecule has 3 nitrogen and oxygen atoms in total. The van der Waals surface area contributed by atoms with Crippen molar-refractivity contribution in [2.45, 2.75) is 19.3 Å². The second-order valence-corrected chi connectivity index (χ2v) is 11.7. The van der Waals surface area contributed by atoms with E-state index in [1.807, 2.05) is 0 Å². The number of aliphatic hydroxyl groups excluding tert-OH is 3. The molecular formula is C9H24O3P2. The molecule has 5 heteroatoms. The Balaban J connectivity index is 3.89. The zero-order valence-corrected chi connectivity index (χ0v) is 10.9. The molecule has 88 valence electrons. The number of rotatable bonds is 9. The van der Waals surface area contributed by atoms with Crippen molar-refractivity contribution in [3.63, 3.8) is 0 Å². The molecule has 0 amide bonds. The summed E-state index contributed by atoms with van der Waals surface area (Å²) in [7, 11) is 2.97. The second kappa shape index (κ2) is 9.00.